The standard InChI is InChI=1S/C20H22ClN3O5S3/c1-32(28,29)14-10-30-18-17(14)23-20(27)24(19(18)26)12(7-11-5-3-2-4-6-11)13(25)8-16-22-9-15(21)31-16/h9-12H,2-8H2,1H3,(H,23,27). The largest absolute Gasteiger partial charge is 0.329 e. The van der Waals surface area contributed by atoms with E-state index in [1.54, 1.807) is 0 Å². The van der Waals surface area contributed by atoms with Gasteiger partial charge in [0, 0.05) is 11.6 Å². The number of hydrogen-bond donors (Lipinski definition) is 1. The Kier molecular flexibility index (Phi) is 6.71. The van der Waals surface area contributed by atoms with E-state index in [1.165, 1.54) is 22.9 Å². The highest BCUT2D eigenvalue weighted by Gasteiger charge is 2.30. The minimum absolute atomic E-state index is 0.000629. The number of nitrogens with one attached hydrogen (secondary N) is 1. The first-order chi connectivity index (χ1) is 15.1. The highest BCUT2D eigenvalue weighted by molar-refractivity contribution is 7.91. The van der Waals surface area contributed by atoms with Crippen molar-refractivity contribution in [3.63, 3.8) is 0 Å². The lowest BCUT2D eigenvalue weighted by Gasteiger charge is -2.26. The maximum atomic E-state index is 13.3. The molecule has 3 heterocycles. The van der Waals surface area contributed by atoms with Crippen molar-refractivity contribution in [3.05, 3.63) is 41.8 Å². The highest BCUT2D eigenvalue weighted by Crippen LogP contribution is 2.32. The maximum absolute atomic E-state index is 13.3. The van der Waals surface area contributed by atoms with Crippen molar-refractivity contribution in [1.29, 1.82) is 0 Å². The first-order valence-corrected chi connectivity index (χ1v) is 14.2. The summed E-state index contributed by atoms with van der Waals surface area (Å²) in [5, 5.41) is 1.87. The highest BCUT2D eigenvalue weighted by atomic mass is 35.5. The monoisotopic (exact) mass is 515 g/mol. The fraction of sp³-hybridized carbons (Fsp3) is 0.500. The zero-order chi connectivity index (χ0) is 23.0. The number of carbonyl (C=O) groups excluding carboxylic acids is 1. The lowest BCUT2D eigenvalue weighted by molar-refractivity contribution is -0.122. The van der Waals surface area contributed by atoms with E-state index in [1.807, 2.05) is 0 Å². The molecule has 4 rings (SSSR count). The van der Waals surface area contributed by atoms with Gasteiger partial charge in [0.1, 0.15) is 25.0 Å². The summed E-state index contributed by atoms with van der Waals surface area (Å²) < 4.78 is 25.6. The van der Waals surface area contributed by atoms with Gasteiger partial charge in [0.2, 0.25) is 0 Å². The molecule has 0 aromatic carbocycles. The minimum Gasteiger partial charge on any atom is -0.305 e. The molecule has 0 radical (unpaired) electrons. The number of rotatable bonds is 7. The first-order valence-electron chi connectivity index (χ1n) is 10.2. The number of thiophene rings is 1. The first kappa shape index (κ1) is 23.3. The third-order valence-corrected chi connectivity index (χ3v) is 9.19. The number of hydrogen-bond acceptors (Lipinski definition) is 8. The van der Waals surface area contributed by atoms with Crippen LogP contribution in [0.15, 0.2) is 26.1 Å². The second-order valence-corrected chi connectivity index (χ2v) is 12.7. The summed E-state index contributed by atoms with van der Waals surface area (Å²) in [6, 6.07) is -0.954. The Hall–Kier alpha value is -1.82. The number of aromatic nitrogens is 3. The molecule has 1 aliphatic rings. The molecule has 0 aliphatic heterocycles. The van der Waals surface area contributed by atoms with E-state index in [2.05, 4.69) is 9.97 Å². The van der Waals surface area contributed by atoms with E-state index in [-0.39, 0.29) is 33.2 Å². The number of carbonyl (C=O) groups is 1. The van der Waals surface area contributed by atoms with Crippen LogP contribution >= 0.6 is 34.3 Å². The van der Waals surface area contributed by atoms with E-state index in [0.717, 1.165) is 54.3 Å². The predicted octanol–water partition coefficient (Wildman–Crippen LogP) is 3.59. The molecule has 1 atom stereocenters. The summed E-state index contributed by atoms with van der Waals surface area (Å²) >= 11 is 8.08. The molecule has 1 unspecified atom stereocenters. The smallest absolute Gasteiger partial charge is 0.305 e. The van der Waals surface area contributed by atoms with Gasteiger partial charge in [0.05, 0.1) is 18.1 Å². The van der Waals surface area contributed by atoms with Crippen LogP contribution in [0.3, 0.4) is 0 Å². The Balaban J connectivity index is 1.79. The molecule has 1 N–H and O–H groups in total. The predicted molar refractivity (Wildman–Crippen MR) is 126 cm³/mol. The average Bonchev–Trinajstić information content (AvgIpc) is 3.34. The van der Waals surface area contributed by atoms with Crippen LogP contribution in [0.25, 0.3) is 10.2 Å². The van der Waals surface area contributed by atoms with Crippen molar-refractivity contribution in [2.45, 2.75) is 55.9 Å². The summed E-state index contributed by atoms with van der Waals surface area (Å²) in [7, 11) is -3.62. The molecule has 3 aromatic heterocycles. The fourth-order valence-corrected chi connectivity index (χ4v) is 7.52. The van der Waals surface area contributed by atoms with Crippen LogP contribution in [0.2, 0.25) is 4.34 Å². The number of H-pyrrole nitrogens is 1. The number of ketones is 1. The number of thiazole rings is 1. The van der Waals surface area contributed by atoms with Crippen molar-refractivity contribution in [2.24, 2.45) is 5.92 Å². The van der Waals surface area contributed by atoms with Crippen LogP contribution in [0.4, 0.5) is 0 Å². The fourth-order valence-electron chi connectivity index (χ4n) is 4.30. The normalized spacial score (nSPS) is 16.4. The van der Waals surface area contributed by atoms with Crippen molar-refractivity contribution >= 4 is 60.1 Å². The number of halogens is 1. The molecule has 1 fully saturated rings. The van der Waals surface area contributed by atoms with Crippen LogP contribution in [0.5, 0.6) is 0 Å². The van der Waals surface area contributed by atoms with Crippen molar-refractivity contribution in [3.8, 4) is 0 Å². The van der Waals surface area contributed by atoms with E-state index >= 15 is 0 Å². The zero-order valence-electron chi connectivity index (χ0n) is 17.3. The number of Topliss-reactive ketones (excluding diaryl/α,β-unsaturated/α-hetero) is 1. The number of fused-ring (bicyclic) bond motifs is 1. The van der Waals surface area contributed by atoms with Crippen LogP contribution < -0.4 is 11.2 Å². The third-order valence-electron chi connectivity index (χ3n) is 5.84. The molecule has 1 saturated carbocycles. The van der Waals surface area contributed by atoms with E-state index < -0.39 is 27.1 Å². The molecule has 12 heteroatoms. The summed E-state index contributed by atoms with van der Waals surface area (Å²) in [5.74, 6) is -0.0528. The van der Waals surface area contributed by atoms with Gasteiger partial charge in [-0.25, -0.2) is 22.8 Å². The molecular formula is C20H22ClN3O5S3. The summed E-state index contributed by atoms with van der Waals surface area (Å²) in [6.45, 7) is 0. The van der Waals surface area contributed by atoms with Gasteiger partial charge in [-0.1, -0.05) is 43.7 Å². The Morgan fingerprint density at radius 3 is 2.66 bits per heavy atom. The third kappa shape index (κ3) is 4.75. The van der Waals surface area contributed by atoms with Crippen molar-refractivity contribution in [1.82, 2.24) is 14.5 Å². The summed E-state index contributed by atoms with van der Waals surface area (Å²) in [4.78, 5) is 46.2. The van der Waals surface area contributed by atoms with E-state index in [4.69, 9.17) is 11.6 Å². The molecule has 1 aliphatic carbocycles. The molecule has 172 valence electrons. The molecule has 0 spiro atoms. The van der Waals surface area contributed by atoms with E-state index in [0.29, 0.717) is 15.8 Å². The van der Waals surface area contributed by atoms with Gasteiger partial charge >= 0.3 is 5.69 Å². The Bertz CT molecular complexity index is 1380. The molecule has 0 saturated heterocycles. The van der Waals surface area contributed by atoms with Crippen LogP contribution in [-0.2, 0) is 21.1 Å². The van der Waals surface area contributed by atoms with Gasteiger partial charge in [-0.3, -0.25) is 9.59 Å². The molecule has 8 nitrogen and oxygen atoms in total. The quantitative estimate of drug-likeness (QED) is 0.513. The lowest BCUT2D eigenvalue weighted by Crippen LogP contribution is -2.42. The SMILES string of the molecule is CS(=O)(=O)c1csc2c(=O)n(C(CC3CCCCC3)C(=O)Cc3ncc(Cl)s3)c(=O)[nH]c12. The van der Waals surface area contributed by atoms with Crippen LogP contribution in [-0.4, -0.2) is 35.0 Å². The molecule has 0 bridgehead atoms. The van der Waals surface area contributed by atoms with Gasteiger partial charge in [0.15, 0.2) is 15.6 Å². The number of sulfone groups is 1. The van der Waals surface area contributed by atoms with Crippen LogP contribution in [0.1, 0.15) is 49.6 Å². The van der Waals surface area contributed by atoms with Gasteiger partial charge in [-0.05, 0) is 12.3 Å². The zero-order valence-corrected chi connectivity index (χ0v) is 20.5. The van der Waals surface area contributed by atoms with Crippen molar-refractivity contribution < 1.29 is 13.2 Å². The summed E-state index contributed by atoms with van der Waals surface area (Å²) in [5.41, 5.74) is -1.42. The minimum atomic E-state index is -3.62. The van der Waals surface area contributed by atoms with Gasteiger partial charge in [-0.2, -0.15) is 0 Å². The van der Waals surface area contributed by atoms with Crippen LogP contribution in [0, 0.1) is 5.92 Å². The maximum Gasteiger partial charge on any atom is 0.329 e. The molecule has 3 aromatic rings. The Labute approximate surface area is 197 Å². The summed E-state index contributed by atoms with van der Waals surface area (Å²) in [6.07, 6.45) is 7.98. The van der Waals surface area contributed by atoms with Crippen molar-refractivity contribution in [2.75, 3.05) is 6.26 Å². The average molecular weight is 516 g/mol. The van der Waals surface area contributed by atoms with Gasteiger partial charge in [-0.15, -0.1) is 22.7 Å². The topological polar surface area (TPSA) is 119 Å². The molecule has 0 amide bonds. The lowest BCUT2D eigenvalue weighted by atomic mass is 9.83. The molecular weight excluding hydrogens is 494 g/mol. The van der Waals surface area contributed by atoms with Gasteiger partial charge < -0.3 is 4.98 Å². The number of aromatic amines is 1. The van der Waals surface area contributed by atoms with Gasteiger partial charge in [0.25, 0.3) is 5.56 Å². The van der Waals surface area contributed by atoms with E-state index in [9.17, 15) is 22.8 Å². The Morgan fingerprint density at radius 2 is 2.03 bits per heavy atom. The molecule has 32 heavy (non-hydrogen) atoms. The second kappa shape index (κ2) is 9.20. The number of nitrogens with zero attached hydrogens (tertiary/aromatic N) is 2. The Morgan fingerprint density at radius 1 is 1.31 bits per heavy atom. The second-order valence-electron chi connectivity index (χ2n) is 8.14.